The molecular formula is C26H32N6O3. The van der Waals surface area contributed by atoms with Crippen molar-refractivity contribution in [3.8, 4) is 5.75 Å². The number of nitrogens with two attached hydrogens (primary N) is 2. The Hall–Kier alpha value is -3.53. The fourth-order valence-corrected chi connectivity index (χ4v) is 4.11. The smallest absolute Gasteiger partial charge is 0.223 e. The number of nitrogens with one attached hydrogen (secondary N) is 1. The first-order valence-corrected chi connectivity index (χ1v) is 11.8. The van der Waals surface area contributed by atoms with Gasteiger partial charge in [0.1, 0.15) is 11.4 Å². The second-order valence-electron chi connectivity index (χ2n) is 9.04. The minimum Gasteiger partial charge on any atom is -0.508 e. The third-order valence-corrected chi connectivity index (χ3v) is 6.32. The number of aromatic amines is 1. The van der Waals surface area contributed by atoms with Crippen LogP contribution in [0.1, 0.15) is 40.9 Å². The van der Waals surface area contributed by atoms with E-state index in [1.54, 1.807) is 35.2 Å². The number of hydrogen-bond acceptors (Lipinski definition) is 7. The number of ketones is 1. The molecule has 4 rings (SSSR count). The number of aromatic hydroxyl groups is 1. The van der Waals surface area contributed by atoms with Gasteiger partial charge in [-0.05, 0) is 42.5 Å². The van der Waals surface area contributed by atoms with Gasteiger partial charge in [-0.2, -0.15) is 5.10 Å². The number of carbonyl (C=O) groups is 2. The van der Waals surface area contributed by atoms with Crippen LogP contribution >= 0.6 is 0 Å². The number of nitrogens with zero attached hydrogens (tertiary/aromatic N) is 3. The fourth-order valence-electron chi connectivity index (χ4n) is 4.11. The highest BCUT2D eigenvalue weighted by molar-refractivity contribution is 6.08. The topological polar surface area (TPSA) is 142 Å². The predicted octanol–water partition coefficient (Wildman–Crippen LogP) is 2.47. The van der Waals surface area contributed by atoms with Crippen molar-refractivity contribution in [3.05, 3.63) is 71.9 Å². The molecule has 1 aliphatic rings. The molecule has 1 atom stereocenters. The number of phenols is 1. The van der Waals surface area contributed by atoms with Crippen LogP contribution in [0.2, 0.25) is 0 Å². The highest BCUT2D eigenvalue weighted by Gasteiger charge is 2.33. The fraction of sp³-hybridized carbons (Fsp3) is 0.346. The average molecular weight is 477 g/mol. The van der Waals surface area contributed by atoms with Gasteiger partial charge in [0.25, 0.3) is 0 Å². The summed E-state index contributed by atoms with van der Waals surface area (Å²) in [7, 11) is 0. The molecule has 6 N–H and O–H groups in total. The zero-order valence-corrected chi connectivity index (χ0v) is 19.7. The van der Waals surface area contributed by atoms with Crippen LogP contribution in [0.5, 0.6) is 5.75 Å². The second-order valence-corrected chi connectivity index (χ2v) is 9.04. The van der Waals surface area contributed by atoms with Crippen LogP contribution < -0.4 is 11.6 Å². The van der Waals surface area contributed by atoms with Crippen LogP contribution in [-0.4, -0.2) is 56.2 Å². The number of hydrazine groups is 1. The summed E-state index contributed by atoms with van der Waals surface area (Å²) in [6, 6.07) is 12.5. The molecule has 1 amide bonds. The molecule has 0 unspecified atom stereocenters. The van der Waals surface area contributed by atoms with E-state index in [0.717, 1.165) is 34.9 Å². The van der Waals surface area contributed by atoms with Gasteiger partial charge in [-0.1, -0.05) is 36.4 Å². The third kappa shape index (κ3) is 5.94. The Morgan fingerprint density at radius 3 is 2.66 bits per heavy atom. The Kier molecular flexibility index (Phi) is 7.60. The van der Waals surface area contributed by atoms with E-state index in [-0.39, 0.29) is 36.3 Å². The molecule has 0 saturated heterocycles. The maximum atomic E-state index is 13.3. The van der Waals surface area contributed by atoms with Crippen molar-refractivity contribution in [2.24, 2.45) is 17.5 Å². The largest absolute Gasteiger partial charge is 0.508 e. The van der Waals surface area contributed by atoms with Crippen molar-refractivity contribution in [1.29, 1.82) is 0 Å². The molecule has 1 saturated carbocycles. The van der Waals surface area contributed by atoms with E-state index >= 15 is 0 Å². The molecule has 1 aromatic heterocycles. The lowest BCUT2D eigenvalue weighted by Crippen LogP contribution is -2.53. The number of amides is 1. The highest BCUT2D eigenvalue weighted by atomic mass is 16.3. The van der Waals surface area contributed by atoms with Crippen LogP contribution in [0, 0.1) is 5.92 Å². The number of hydrogen-bond donors (Lipinski definition) is 4. The molecule has 2 aromatic carbocycles. The molecule has 1 aliphatic carbocycles. The van der Waals surface area contributed by atoms with Gasteiger partial charge in [-0.3, -0.25) is 20.5 Å². The molecule has 1 heterocycles. The standard InChI is InChI=1S/C26H32N6O3/c1-2-14-32(28)22(27)16-31(23(34)13-8-17-6-11-20(33)12-7-17)15-19-4-3-5-21-24(19)29-30-25(21)26(35)18-9-10-18/h2-7,11-12,18,22,33H,1,8-10,13-16,27-28H2,(H,29,30)/t22-/m0/s1. The van der Waals surface area contributed by atoms with Crippen LogP contribution in [0.15, 0.2) is 55.1 Å². The van der Waals surface area contributed by atoms with E-state index < -0.39 is 6.17 Å². The number of benzene rings is 2. The molecule has 0 spiro atoms. The van der Waals surface area contributed by atoms with E-state index in [0.29, 0.717) is 25.2 Å². The number of fused-ring (bicyclic) bond motifs is 1. The van der Waals surface area contributed by atoms with Crippen LogP contribution in [0.3, 0.4) is 0 Å². The second kappa shape index (κ2) is 10.8. The third-order valence-electron chi connectivity index (χ3n) is 6.32. The van der Waals surface area contributed by atoms with E-state index in [4.69, 9.17) is 11.6 Å². The molecule has 9 heteroatoms. The maximum Gasteiger partial charge on any atom is 0.223 e. The molecule has 0 aliphatic heterocycles. The van der Waals surface area contributed by atoms with E-state index in [9.17, 15) is 14.7 Å². The summed E-state index contributed by atoms with van der Waals surface area (Å²) in [5.41, 5.74) is 9.29. The molecule has 1 fully saturated rings. The van der Waals surface area contributed by atoms with E-state index in [1.165, 1.54) is 5.01 Å². The van der Waals surface area contributed by atoms with Crippen molar-refractivity contribution >= 4 is 22.6 Å². The lowest BCUT2D eigenvalue weighted by atomic mass is 10.0. The number of para-hydroxylation sites is 1. The van der Waals surface area contributed by atoms with Gasteiger partial charge in [0, 0.05) is 30.8 Å². The molecule has 184 valence electrons. The lowest BCUT2D eigenvalue weighted by molar-refractivity contribution is -0.132. The molecule has 3 aromatic rings. The van der Waals surface area contributed by atoms with Crippen LogP contribution in [0.25, 0.3) is 10.9 Å². The Bertz CT molecular complexity index is 1200. The average Bonchev–Trinajstić information content (AvgIpc) is 3.61. The van der Waals surface area contributed by atoms with Gasteiger partial charge in [0.05, 0.1) is 18.2 Å². The Morgan fingerprint density at radius 2 is 1.97 bits per heavy atom. The summed E-state index contributed by atoms with van der Waals surface area (Å²) in [6.45, 7) is 4.59. The number of carbonyl (C=O) groups excluding carboxylic acids is 2. The minimum atomic E-state index is -0.585. The first kappa shape index (κ1) is 24.6. The van der Waals surface area contributed by atoms with Crippen LogP contribution in [0.4, 0.5) is 0 Å². The molecular weight excluding hydrogens is 444 g/mol. The van der Waals surface area contributed by atoms with Crippen molar-refractivity contribution in [3.63, 3.8) is 0 Å². The Morgan fingerprint density at radius 1 is 1.23 bits per heavy atom. The number of Topliss-reactive ketones (excluding diaryl/α,β-unsaturated/α-hetero) is 1. The van der Waals surface area contributed by atoms with Crippen molar-refractivity contribution in [2.45, 2.75) is 38.4 Å². The Balaban J connectivity index is 1.55. The summed E-state index contributed by atoms with van der Waals surface area (Å²) in [5, 5.41) is 19.0. The van der Waals surface area contributed by atoms with Gasteiger partial charge in [0.15, 0.2) is 5.78 Å². The molecule has 9 nitrogen and oxygen atoms in total. The molecule has 35 heavy (non-hydrogen) atoms. The quantitative estimate of drug-likeness (QED) is 0.103. The number of aromatic nitrogens is 2. The summed E-state index contributed by atoms with van der Waals surface area (Å²) >= 11 is 0. The van der Waals surface area contributed by atoms with Crippen molar-refractivity contribution in [1.82, 2.24) is 20.1 Å². The predicted molar refractivity (Wildman–Crippen MR) is 134 cm³/mol. The molecule has 0 radical (unpaired) electrons. The molecule has 0 bridgehead atoms. The van der Waals surface area contributed by atoms with Gasteiger partial charge in [0.2, 0.25) is 5.91 Å². The first-order valence-electron chi connectivity index (χ1n) is 11.8. The monoisotopic (exact) mass is 476 g/mol. The van der Waals surface area contributed by atoms with Gasteiger partial charge < -0.3 is 15.7 Å². The first-order chi connectivity index (χ1) is 16.9. The zero-order valence-electron chi connectivity index (χ0n) is 19.7. The van der Waals surface area contributed by atoms with Gasteiger partial charge in [-0.25, -0.2) is 5.01 Å². The summed E-state index contributed by atoms with van der Waals surface area (Å²) in [5.74, 6) is 6.28. The normalized spacial score (nSPS) is 14.3. The van der Waals surface area contributed by atoms with Gasteiger partial charge in [-0.15, -0.1) is 6.58 Å². The van der Waals surface area contributed by atoms with E-state index in [2.05, 4.69) is 16.8 Å². The van der Waals surface area contributed by atoms with Crippen LogP contribution in [-0.2, 0) is 17.8 Å². The summed E-state index contributed by atoms with van der Waals surface area (Å²) in [4.78, 5) is 27.6. The minimum absolute atomic E-state index is 0.0699. The maximum absolute atomic E-state index is 13.3. The van der Waals surface area contributed by atoms with E-state index in [1.807, 2.05) is 18.2 Å². The highest BCUT2D eigenvalue weighted by Crippen LogP contribution is 2.34. The number of aryl methyl sites for hydroxylation is 1. The lowest BCUT2D eigenvalue weighted by Gasteiger charge is -2.30. The summed E-state index contributed by atoms with van der Waals surface area (Å²) in [6.07, 6.45) is 3.69. The number of phenolic OH excluding ortho intramolecular Hbond substituents is 1. The van der Waals surface area contributed by atoms with Crippen molar-refractivity contribution in [2.75, 3.05) is 13.1 Å². The van der Waals surface area contributed by atoms with Gasteiger partial charge >= 0.3 is 0 Å². The number of rotatable bonds is 12. The number of H-pyrrole nitrogens is 1. The SMILES string of the molecule is C=CCN(N)[C@H](N)CN(Cc1cccc2c(C(=O)C3CC3)n[nH]c12)C(=O)CCc1ccc(O)cc1. The summed E-state index contributed by atoms with van der Waals surface area (Å²) < 4.78 is 0. The Labute approximate surface area is 204 Å². The zero-order chi connectivity index (χ0) is 24.9. The van der Waals surface area contributed by atoms with Crippen molar-refractivity contribution < 1.29 is 14.7 Å².